The molecule has 0 aliphatic rings. The van der Waals surface area contributed by atoms with Crippen molar-refractivity contribution in [2.24, 2.45) is 5.73 Å². The second-order valence-corrected chi connectivity index (χ2v) is 2.80. The van der Waals surface area contributed by atoms with E-state index in [1.807, 2.05) is 30.3 Å². The van der Waals surface area contributed by atoms with Crippen molar-refractivity contribution in [1.82, 2.24) is 5.06 Å². The van der Waals surface area contributed by atoms with E-state index in [9.17, 15) is 4.79 Å². The molecule has 1 aromatic rings. The highest BCUT2D eigenvalue weighted by Crippen LogP contribution is 2.03. The van der Waals surface area contributed by atoms with Gasteiger partial charge in [0, 0.05) is 0 Å². The number of benzene rings is 1. The first kappa shape index (κ1) is 10.7. The molecule has 0 radical (unpaired) electrons. The summed E-state index contributed by atoms with van der Waals surface area (Å²) >= 11 is 0. The number of rotatable bonds is 4. The highest BCUT2D eigenvalue weighted by molar-refractivity contribution is 5.76. The van der Waals surface area contributed by atoms with Crippen LogP contribution in [0.5, 0.6) is 0 Å². The lowest BCUT2D eigenvalue weighted by molar-refractivity contribution is -0.177. The second-order valence-electron chi connectivity index (χ2n) is 2.80. The van der Waals surface area contributed by atoms with Crippen molar-refractivity contribution in [2.45, 2.75) is 6.54 Å². The molecular weight excluding hydrogens is 180 g/mol. The van der Waals surface area contributed by atoms with Gasteiger partial charge in [0.25, 0.3) is 5.91 Å². The van der Waals surface area contributed by atoms with Gasteiger partial charge < -0.3 is 5.73 Å². The number of carbonyl (C=O) groups is 1. The summed E-state index contributed by atoms with van der Waals surface area (Å²) in [5.41, 5.74) is 6.24. The molecule has 0 unspecified atom stereocenters. The normalized spacial score (nSPS) is 9.86. The molecule has 76 valence electrons. The number of hydrogen-bond acceptors (Lipinski definition) is 3. The maximum absolute atomic E-state index is 11.2. The Morgan fingerprint density at radius 2 is 2.07 bits per heavy atom. The lowest BCUT2D eigenvalue weighted by Gasteiger charge is -2.18. The van der Waals surface area contributed by atoms with Gasteiger partial charge in [-0.25, -0.2) is 5.06 Å². The van der Waals surface area contributed by atoms with Crippen molar-refractivity contribution in [3.63, 3.8) is 0 Å². The minimum Gasteiger partial charge on any atom is -0.322 e. The average Bonchev–Trinajstić information content (AvgIpc) is 2.26. The molecule has 0 heterocycles. The molecule has 4 nitrogen and oxygen atoms in total. The van der Waals surface area contributed by atoms with Crippen molar-refractivity contribution in [2.75, 3.05) is 13.7 Å². The molecule has 0 fully saturated rings. The maximum Gasteiger partial charge on any atom is 0.260 e. The van der Waals surface area contributed by atoms with Crippen molar-refractivity contribution in [3.05, 3.63) is 35.9 Å². The summed E-state index contributed by atoms with van der Waals surface area (Å²) in [6, 6.07) is 9.60. The quantitative estimate of drug-likeness (QED) is 0.711. The summed E-state index contributed by atoms with van der Waals surface area (Å²) in [5.74, 6) is -0.226. The fourth-order valence-electron chi connectivity index (χ4n) is 1.11. The summed E-state index contributed by atoms with van der Waals surface area (Å²) in [6.07, 6.45) is 0. The Bertz CT molecular complexity index is 287. The monoisotopic (exact) mass is 194 g/mol. The molecule has 1 amide bonds. The Morgan fingerprint density at radius 3 is 2.57 bits per heavy atom. The molecule has 14 heavy (non-hydrogen) atoms. The van der Waals surface area contributed by atoms with Gasteiger partial charge >= 0.3 is 0 Å². The van der Waals surface area contributed by atoms with Gasteiger partial charge in [0.15, 0.2) is 0 Å². The Balaban J connectivity index is 2.62. The predicted molar refractivity (Wildman–Crippen MR) is 53.1 cm³/mol. The predicted octanol–water partition coefficient (Wildman–Crippen LogP) is 0.535. The maximum atomic E-state index is 11.2. The largest absolute Gasteiger partial charge is 0.322 e. The van der Waals surface area contributed by atoms with E-state index < -0.39 is 0 Å². The Labute approximate surface area is 83.2 Å². The summed E-state index contributed by atoms with van der Waals surface area (Å²) < 4.78 is 0. The SMILES string of the molecule is CON(Cc1ccccc1)C(=O)CN. The first-order chi connectivity index (χ1) is 6.77. The van der Waals surface area contributed by atoms with Crippen LogP contribution in [0.1, 0.15) is 5.56 Å². The highest BCUT2D eigenvalue weighted by Gasteiger charge is 2.10. The summed E-state index contributed by atoms with van der Waals surface area (Å²) in [4.78, 5) is 16.1. The minimum absolute atomic E-state index is 0.0410. The van der Waals surface area contributed by atoms with Crippen LogP contribution in [0.3, 0.4) is 0 Å². The van der Waals surface area contributed by atoms with Crippen LogP contribution < -0.4 is 5.73 Å². The minimum atomic E-state index is -0.226. The number of nitrogens with zero attached hydrogens (tertiary/aromatic N) is 1. The van der Waals surface area contributed by atoms with Gasteiger partial charge in [0.1, 0.15) is 0 Å². The Hall–Kier alpha value is -1.39. The third-order valence-electron chi connectivity index (χ3n) is 1.84. The first-order valence-electron chi connectivity index (χ1n) is 4.36. The van der Waals surface area contributed by atoms with Crippen molar-refractivity contribution in [3.8, 4) is 0 Å². The van der Waals surface area contributed by atoms with E-state index in [4.69, 9.17) is 10.6 Å². The Morgan fingerprint density at radius 1 is 1.43 bits per heavy atom. The van der Waals surface area contributed by atoms with E-state index in [0.717, 1.165) is 5.56 Å². The molecule has 0 bridgehead atoms. The van der Waals surface area contributed by atoms with Crippen LogP contribution in [0.4, 0.5) is 0 Å². The number of amides is 1. The molecule has 0 atom stereocenters. The van der Waals surface area contributed by atoms with E-state index in [2.05, 4.69) is 0 Å². The third-order valence-corrected chi connectivity index (χ3v) is 1.84. The fourth-order valence-corrected chi connectivity index (χ4v) is 1.11. The third kappa shape index (κ3) is 2.83. The lowest BCUT2D eigenvalue weighted by Crippen LogP contribution is -2.34. The van der Waals surface area contributed by atoms with Crippen molar-refractivity contribution in [1.29, 1.82) is 0 Å². The van der Waals surface area contributed by atoms with Crippen LogP contribution >= 0.6 is 0 Å². The highest BCUT2D eigenvalue weighted by atomic mass is 16.7. The molecule has 0 aliphatic carbocycles. The van der Waals surface area contributed by atoms with Crippen molar-refractivity contribution < 1.29 is 9.63 Å². The van der Waals surface area contributed by atoms with Crippen LogP contribution in [0, 0.1) is 0 Å². The van der Waals surface area contributed by atoms with Gasteiger partial charge in [-0.15, -0.1) is 0 Å². The molecule has 0 spiro atoms. The standard InChI is InChI=1S/C10H14N2O2/c1-14-12(10(13)7-11)8-9-5-3-2-4-6-9/h2-6H,7-8,11H2,1H3. The number of carbonyl (C=O) groups excluding carboxylic acids is 1. The van der Waals surface area contributed by atoms with Gasteiger partial charge in [-0.2, -0.15) is 0 Å². The lowest BCUT2D eigenvalue weighted by atomic mass is 10.2. The zero-order valence-corrected chi connectivity index (χ0v) is 8.14. The zero-order chi connectivity index (χ0) is 10.4. The van der Waals surface area contributed by atoms with Gasteiger partial charge in [0.05, 0.1) is 20.2 Å². The number of hydroxylamine groups is 2. The molecule has 2 N–H and O–H groups in total. The zero-order valence-electron chi connectivity index (χ0n) is 8.14. The van der Waals surface area contributed by atoms with Crippen LogP contribution in [0.15, 0.2) is 30.3 Å². The van der Waals surface area contributed by atoms with E-state index in [1.54, 1.807) is 0 Å². The molecular formula is C10H14N2O2. The van der Waals surface area contributed by atoms with Crippen LogP contribution in [-0.2, 0) is 16.2 Å². The van der Waals surface area contributed by atoms with Gasteiger partial charge in [-0.1, -0.05) is 30.3 Å². The van der Waals surface area contributed by atoms with E-state index in [1.165, 1.54) is 12.2 Å². The molecule has 1 aromatic carbocycles. The van der Waals surface area contributed by atoms with Crippen molar-refractivity contribution >= 4 is 5.91 Å². The number of hydrogen-bond donors (Lipinski definition) is 1. The van der Waals surface area contributed by atoms with Crippen LogP contribution in [0.25, 0.3) is 0 Å². The fraction of sp³-hybridized carbons (Fsp3) is 0.300. The van der Waals surface area contributed by atoms with E-state index >= 15 is 0 Å². The van der Waals surface area contributed by atoms with E-state index in [-0.39, 0.29) is 12.5 Å². The molecule has 0 aliphatic heterocycles. The molecule has 4 heteroatoms. The van der Waals surface area contributed by atoms with Crippen LogP contribution in [0.2, 0.25) is 0 Å². The Kier molecular flexibility index (Phi) is 4.10. The number of nitrogens with two attached hydrogens (primary N) is 1. The molecule has 0 saturated carbocycles. The summed E-state index contributed by atoms with van der Waals surface area (Å²) in [7, 11) is 1.45. The second kappa shape index (κ2) is 5.36. The van der Waals surface area contributed by atoms with Crippen LogP contribution in [-0.4, -0.2) is 24.6 Å². The van der Waals surface area contributed by atoms with Gasteiger partial charge in [-0.05, 0) is 5.56 Å². The average molecular weight is 194 g/mol. The molecule has 0 saturated heterocycles. The van der Waals surface area contributed by atoms with Gasteiger partial charge in [0.2, 0.25) is 0 Å². The molecule has 1 rings (SSSR count). The summed E-state index contributed by atoms with van der Waals surface area (Å²) in [5, 5.41) is 1.25. The smallest absolute Gasteiger partial charge is 0.260 e. The van der Waals surface area contributed by atoms with Gasteiger partial charge in [-0.3, -0.25) is 9.63 Å². The first-order valence-corrected chi connectivity index (χ1v) is 4.36. The summed E-state index contributed by atoms with van der Waals surface area (Å²) in [6.45, 7) is 0.383. The molecule has 0 aromatic heterocycles. The topological polar surface area (TPSA) is 55.6 Å². The van der Waals surface area contributed by atoms with E-state index in [0.29, 0.717) is 6.54 Å².